The summed E-state index contributed by atoms with van der Waals surface area (Å²) < 4.78 is 5.31. The van der Waals surface area contributed by atoms with Gasteiger partial charge in [-0.1, -0.05) is 37.6 Å². The number of hydrogen-bond acceptors (Lipinski definition) is 2. The largest absolute Gasteiger partial charge is 0.497 e. The van der Waals surface area contributed by atoms with Crippen molar-refractivity contribution in [3.05, 3.63) is 42.0 Å². The summed E-state index contributed by atoms with van der Waals surface area (Å²) in [4.78, 5) is 0. The van der Waals surface area contributed by atoms with Gasteiger partial charge in [0.15, 0.2) is 0 Å². The molecule has 2 aromatic rings. The number of piperidine rings is 1. The van der Waals surface area contributed by atoms with Crippen LogP contribution in [0, 0.1) is 5.92 Å². The molecule has 1 saturated heterocycles. The van der Waals surface area contributed by atoms with Crippen molar-refractivity contribution in [1.29, 1.82) is 0 Å². The quantitative estimate of drug-likeness (QED) is 0.901. The van der Waals surface area contributed by atoms with Crippen LogP contribution in [0.15, 0.2) is 36.4 Å². The lowest BCUT2D eigenvalue weighted by atomic mass is 9.78. The van der Waals surface area contributed by atoms with Gasteiger partial charge < -0.3 is 10.1 Å². The van der Waals surface area contributed by atoms with Crippen LogP contribution < -0.4 is 10.1 Å². The standard InChI is InChI=1S/C19H25NO/c1-3-4-17-13-20-10-9-19(17)16-6-5-15-12-18(21-2)8-7-14(15)11-16/h5-8,11-12,17,19-20H,3-4,9-10,13H2,1-2H3. The summed E-state index contributed by atoms with van der Waals surface area (Å²) in [6.45, 7) is 4.60. The van der Waals surface area contributed by atoms with Gasteiger partial charge in [-0.05, 0) is 66.2 Å². The van der Waals surface area contributed by atoms with Crippen molar-refractivity contribution in [3.63, 3.8) is 0 Å². The van der Waals surface area contributed by atoms with E-state index in [0.29, 0.717) is 5.92 Å². The van der Waals surface area contributed by atoms with E-state index in [-0.39, 0.29) is 0 Å². The Balaban J connectivity index is 1.92. The van der Waals surface area contributed by atoms with E-state index in [9.17, 15) is 0 Å². The number of hydrogen-bond donors (Lipinski definition) is 1. The average Bonchev–Trinajstić information content (AvgIpc) is 2.55. The second kappa shape index (κ2) is 6.48. The van der Waals surface area contributed by atoms with Gasteiger partial charge in [0.25, 0.3) is 0 Å². The van der Waals surface area contributed by atoms with Crippen molar-refractivity contribution in [2.24, 2.45) is 5.92 Å². The zero-order valence-corrected chi connectivity index (χ0v) is 13.1. The fourth-order valence-corrected chi connectivity index (χ4v) is 3.64. The molecule has 1 N–H and O–H groups in total. The first kappa shape index (κ1) is 14.4. The van der Waals surface area contributed by atoms with Gasteiger partial charge in [-0.2, -0.15) is 0 Å². The second-order valence-electron chi connectivity index (χ2n) is 6.12. The zero-order chi connectivity index (χ0) is 14.7. The molecule has 2 unspecified atom stereocenters. The lowest BCUT2D eigenvalue weighted by Crippen LogP contribution is -2.35. The molecule has 0 aliphatic carbocycles. The molecule has 1 heterocycles. The molecule has 2 aromatic carbocycles. The second-order valence-corrected chi connectivity index (χ2v) is 6.12. The molecule has 21 heavy (non-hydrogen) atoms. The number of nitrogens with one attached hydrogen (secondary N) is 1. The van der Waals surface area contributed by atoms with Crippen molar-refractivity contribution in [2.75, 3.05) is 20.2 Å². The summed E-state index contributed by atoms with van der Waals surface area (Å²) in [5, 5.41) is 6.14. The molecule has 0 bridgehead atoms. The van der Waals surface area contributed by atoms with Crippen LogP contribution in [0.1, 0.15) is 37.7 Å². The third-order valence-electron chi connectivity index (χ3n) is 4.77. The first-order chi connectivity index (χ1) is 10.3. The number of benzene rings is 2. The molecule has 1 aliphatic rings. The van der Waals surface area contributed by atoms with Crippen LogP contribution in [0.5, 0.6) is 5.75 Å². The third-order valence-corrected chi connectivity index (χ3v) is 4.77. The maximum atomic E-state index is 5.31. The zero-order valence-electron chi connectivity index (χ0n) is 13.1. The van der Waals surface area contributed by atoms with Crippen LogP contribution in [-0.4, -0.2) is 20.2 Å². The molecule has 1 aliphatic heterocycles. The summed E-state index contributed by atoms with van der Waals surface area (Å²) in [5.41, 5.74) is 1.51. The normalized spacial score (nSPS) is 22.4. The molecule has 1 fully saturated rings. The van der Waals surface area contributed by atoms with Crippen LogP contribution in [-0.2, 0) is 0 Å². The summed E-state index contributed by atoms with van der Waals surface area (Å²) in [5.74, 6) is 2.41. The highest BCUT2D eigenvalue weighted by atomic mass is 16.5. The topological polar surface area (TPSA) is 21.3 Å². The molecule has 2 atom stereocenters. The smallest absolute Gasteiger partial charge is 0.119 e. The van der Waals surface area contributed by atoms with Crippen molar-refractivity contribution in [2.45, 2.75) is 32.1 Å². The van der Waals surface area contributed by atoms with Gasteiger partial charge in [-0.25, -0.2) is 0 Å². The Hall–Kier alpha value is -1.54. The van der Waals surface area contributed by atoms with E-state index in [1.54, 1.807) is 7.11 Å². The highest BCUT2D eigenvalue weighted by Gasteiger charge is 2.25. The minimum atomic E-state index is 0.706. The minimum absolute atomic E-state index is 0.706. The summed E-state index contributed by atoms with van der Waals surface area (Å²) in [6.07, 6.45) is 3.85. The van der Waals surface area contributed by atoms with Gasteiger partial charge in [0.1, 0.15) is 5.75 Å². The van der Waals surface area contributed by atoms with E-state index < -0.39 is 0 Å². The number of methoxy groups -OCH3 is 1. The fraction of sp³-hybridized carbons (Fsp3) is 0.474. The number of ether oxygens (including phenoxy) is 1. The van der Waals surface area contributed by atoms with E-state index in [2.05, 4.69) is 48.6 Å². The number of fused-ring (bicyclic) bond motifs is 1. The Morgan fingerprint density at radius 3 is 2.76 bits per heavy atom. The average molecular weight is 283 g/mol. The van der Waals surface area contributed by atoms with Crippen molar-refractivity contribution >= 4 is 10.8 Å². The molecular weight excluding hydrogens is 258 g/mol. The van der Waals surface area contributed by atoms with Crippen LogP contribution in [0.4, 0.5) is 0 Å². The van der Waals surface area contributed by atoms with E-state index in [4.69, 9.17) is 4.74 Å². The molecule has 112 valence electrons. The minimum Gasteiger partial charge on any atom is -0.497 e. The molecule has 0 amide bonds. The molecule has 0 radical (unpaired) electrons. The number of rotatable bonds is 4. The maximum Gasteiger partial charge on any atom is 0.119 e. The Morgan fingerprint density at radius 2 is 1.95 bits per heavy atom. The molecule has 0 aromatic heterocycles. The Bertz CT molecular complexity index is 606. The van der Waals surface area contributed by atoms with E-state index >= 15 is 0 Å². The van der Waals surface area contributed by atoms with Gasteiger partial charge in [-0.3, -0.25) is 0 Å². The van der Waals surface area contributed by atoms with Crippen LogP contribution in [0.25, 0.3) is 10.8 Å². The van der Waals surface area contributed by atoms with E-state index in [0.717, 1.165) is 18.2 Å². The first-order valence-electron chi connectivity index (χ1n) is 8.10. The van der Waals surface area contributed by atoms with Gasteiger partial charge in [-0.15, -0.1) is 0 Å². The van der Waals surface area contributed by atoms with Gasteiger partial charge in [0, 0.05) is 0 Å². The maximum absolute atomic E-state index is 5.31. The molecular formula is C19H25NO. The lowest BCUT2D eigenvalue weighted by Gasteiger charge is -2.32. The van der Waals surface area contributed by atoms with Crippen molar-refractivity contribution in [1.82, 2.24) is 5.32 Å². The summed E-state index contributed by atoms with van der Waals surface area (Å²) in [6, 6.07) is 13.3. The van der Waals surface area contributed by atoms with Crippen LogP contribution in [0.2, 0.25) is 0 Å². The first-order valence-corrected chi connectivity index (χ1v) is 8.10. The monoisotopic (exact) mass is 283 g/mol. The molecule has 3 rings (SSSR count). The van der Waals surface area contributed by atoms with Crippen LogP contribution >= 0.6 is 0 Å². The van der Waals surface area contributed by atoms with E-state index in [1.807, 2.05) is 0 Å². The molecule has 0 spiro atoms. The molecule has 0 saturated carbocycles. The predicted molar refractivity (Wildman–Crippen MR) is 89.1 cm³/mol. The Morgan fingerprint density at radius 1 is 1.14 bits per heavy atom. The Labute approximate surface area is 127 Å². The molecule has 2 nitrogen and oxygen atoms in total. The predicted octanol–water partition coefficient (Wildman–Crippen LogP) is 4.34. The van der Waals surface area contributed by atoms with Gasteiger partial charge >= 0.3 is 0 Å². The Kier molecular flexibility index (Phi) is 4.45. The van der Waals surface area contributed by atoms with Gasteiger partial charge in [0.2, 0.25) is 0 Å². The highest BCUT2D eigenvalue weighted by Crippen LogP contribution is 2.35. The summed E-state index contributed by atoms with van der Waals surface area (Å²) >= 11 is 0. The highest BCUT2D eigenvalue weighted by molar-refractivity contribution is 5.84. The van der Waals surface area contributed by atoms with Gasteiger partial charge in [0.05, 0.1) is 7.11 Å². The molecule has 2 heteroatoms. The van der Waals surface area contributed by atoms with Crippen molar-refractivity contribution in [3.8, 4) is 5.75 Å². The lowest BCUT2D eigenvalue weighted by molar-refractivity contribution is 0.307. The van der Waals surface area contributed by atoms with Crippen LogP contribution in [0.3, 0.4) is 0 Å². The summed E-state index contributed by atoms with van der Waals surface area (Å²) in [7, 11) is 1.72. The fourth-order valence-electron chi connectivity index (χ4n) is 3.64. The SMILES string of the molecule is CCCC1CNCCC1c1ccc2cc(OC)ccc2c1. The van der Waals surface area contributed by atoms with Crippen molar-refractivity contribution < 1.29 is 4.74 Å². The third kappa shape index (κ3) is 3.06. The van der Waals surface area contributed by atoms with E-state index in [1.165, 1.54) is 42.1 Å².